The summed E-state index contributed by atoms with van der Waals surface area (Å²) in [7, 11) is 1.82. The molecule has 1 amide bonds. The van der Waals surface area contributed by atoms with Gasteiger partial charge in [0.05, 0.1) is 0 Å². The van der Waals surface area contributed by atoms with Crippen LogP contribution in [0.15, 0.2) is 85.2 Å². The van der Waals surface area contributed by atoms with E-state index < -0.39 is 0 Å². The Morgan fingerprint density at radius 1 is 1.07 bits per heavy atom. The average Bonchev–Trinajstić information content (AvgIpc) is 3.11. The van der Waals surface area contributed by atoms with Gasteiger partial charge in [-0.3, -0.25) is 4.79 Å². The van der Waals surface area contributed by atoms with Crippen LogP contribution in [0.5, 0.6) is 0 Å². The molecule has 0 radical (unpaired) electrons. The predicted octanol–water partition coefficient (Wildman–Crippen LogP) is 4.34. The minimum atomic E-state index is -0.0632. The fourth-order valence-electron chi connectivity index (χ4n) is 3.50. The van der Waals surface area contributed by atoms with Crippen LogP contribution in [0.2, 0.25) is 0 Å². The maximum Gasteiger partial charge on any atom is 0.246 e. The third-order valence-electron chi connectivity index (χ3n) is 5.08. The van der Waals surface area contributed by atoms with Crippen molar-refractivity contribution in [3.63, 3.8) is 0 Å². The van der Waals surface area contributed by atoms with Crippen LogP contribution < -0.4 is 5.73 Å². The molecule has 0 aliphatic rings. The molecule has 0 bridgehead atoms. The Morgan fingerprint density at radius 3 is 2.60 bits per heavy atom. The molecule has 0 aliphatic heterocycles. The first-order valence-electron chi connectivity index (χ1n) is 9.85. The summed E-state index contributed by atoms with van der Waals surface area (Å²) in [4.78, 5) is 18.4. The van der Waals surface area contributed by atoms with Gasteiger partial charge in [-0.15, -0.1) is 0 Å². The maximum absolute atomic E-state index is 12.6. The summed E-state index contributed by atoms with van der Waals surface area (Å²) in [6, 6.07) is 22.3. The Kier molecular flexibility index (Phi) is 5.61. The van der Waals surface area contributed by atoms with Gasteiger partial charge in [-0.25, -0.2) is 4.98 Å². The van der Waals surface area contributed by atoms with Crippen molar-refractivity contribution in [2.45, 2.75) is 13.1 Å². The van der Waals surface area contributed by atoms with Crippen molar-refractivity contribution >= 4 is 28.7 Å². The first-order valence-corrected chi connectivity index (χ1v) is 9.85. The van der Waals surface area contributed by atoms with Crippen LogP contribution >= 0.6 is 0 Å². The Balaban J connectivity index is 1.53. The van der Waals surface area contributed by atoms with Crippen LogP contribution in [0, 0.1) is 0 Å². The zero-order chi connectivity index (χ0) is 20.9. The second-order valence-corrected chi connectivity index (χ2v) is 7.33. The van der Waals surface area contributed by atoms with E-state index in [9.17, 15) is 4.79 Å². The van der Waals surface area contributed by atoms with Gasteiger partial charge < -0.3 is 15.2 Å². The number of likely N-dealkylation sites (N-methyl/N-ethyl adjacent to an activating group) is 1. The number of anilines is 1. The lowest BCUT2D eigenvalue weighted by Gasteiger charge is -2.14. The molecule has 4 rings (SSSR count). The predicted molar refractivity (Wildman–Crippen MR) is 122 cm³/mol. The summed E-state index contributed by atoms with van der Waals surface area (Å²) >= 11 is 0. The molecule has 0 atom stereocenters. The highest BCUT2D eigenvalue weighted by Gasteiger charge is 2.12. The van der Waals surface area contributed by atoms with Gasteiger partial charge in [0.25, 0.3) is 0 Å². The quantitative estimate of drug-likeness (QED) is 0.493. The molecule has 30 heavy (non-hydrogen) atoms. The van der Waals surface area contributed by atoms with Crippen molar-refractivity contribution in [1.29, 1.82) is 0 Å². The number of nitrogens with two attached hydrogens (primary N) is 1. The van der Waals surface area contributed by atoms with Gasteiger partial charge in [0, 0.05) is 49.5 Å². The van der Waals surface area contributed by atoms with Gasteiger partial charge in [-0.2, -0.15) is 0 Å². The van der Waals surface area contributed by atoms with Gasteiger partial charge in [0.2, 0.25) is 5.91 Å². The lowest BCUT2D eigenvalue weighted by atomic mass is 10.1. The first-order chi connectivity index (χ1) is 14.6. The average molecular weight is 396 g/mol. The molecule has 5 heteroatoms. The lowest BCUT2D eigenvalue weighted by Crippen LogP contribution is -2.24. The number of nitrogens with zero attached hydrogens (tertiary/aromatic N) is 3. The maximum atomic E-state index is 12.6. The standard InChI is InChI=1S/C25H24N4O/c1-28(25(30)14-12-19-11-13-24(26)27-15-19)17-21-18-29(16-20-7-3-2-4-8-20)23-10-6-5-9-22(21)23/h2-15,18H,16-17H2,1H3,(H2,26,27)/b14-12+. The number of hydrogen-bond donors (Lipinski definition) is 1. The van der Waals surface area contributed by atoms with Crippen molar-refractivity contribution < 1.29 is 4.79 Å². The fraction of sp³-hybridized carbons (Fsp3) is 0.120. The minimum absolute atomic E-state index is 0.0632. The number of carbonyl (C=O) groups excluding carboxylic acids is 1. The highest BCUT2D eigenvalue weighted by atomic mass is 16.2. The van der Waals surface area contributed by atoms with Crippen LogP contribution in [0.4, 0.5) is 5.82 Å². The molecule has 5 nitrogen and oxygen atoms in total. The zero-order valence-electron chi connectivity index (χ0n) is 16.9. The molecule has 0 saturated heterocycles. The number of para-hydroxylation sites is 1. The van der Waals surface area contributed by atoms with Crippen molar-refractivity contribution in [2.24, 2.45) is 0 Å². The van der Waals surface area contributed by atoms with Crippen LogP contribution in [0.3, 0.4) is 0 Å². The number of nitrogen functional groups attached to an aromatic ring is 1. The molecule has 0 aliphatic carbocycles. The summed E-state index contributed by atoms with van der Waals surface area (Å²) in [5.41, 5.74) is 9.98. The molecule has 0 unspecified atom stereocenters. The van der Waals surface area contributed by atoms with E-state index >= 15 is 0 Å². The van der Waals surface area contributed by atoms with Gasteiger partial charge in [0.1, 0.15) is 5.82 Å². The largest absolute Gasteiger partial charge is 0.384 e. The van der Waals surface area contributed by atoms with Gasteiger partial charge in [-0.05, 0) is 41.0 Å². The zero-order valence-corrected chi connectivity index (χ0v) is 16.9. The van der Waals surface area contributed by atoms with Gasteiger partial charge in [0.15, 0.2) is 0 Å². The number of hydrogen-bond acceptors (Lipinski definition) is 3. The van der Waals surface area contributed by atoms with Gasteiger partial charge in [-0.1, -0.05) is 48.5 Å². The highest BCUT2D eigenvalue weighted by Crippen LogP contribution is 2.23. The molecular weight excluding hydrogens is 372 g/mol. The topological polar surface area (TPSA) is 64.2 Å². The van der Waals surface area contributed by atoms with E-state index in [1.165, 1.54) is 16.5 Å². The number of aromatic nitrogens is 2. The molecule has 0 spiro atoms. The summed E-state index contributed by atoms with van der Waals surface area (Å²) in [5, 5.41) is 1.17. The van der Waals surface area contributed by atoms with Crippen molar-refractivity contribution in [2.75, 3.05) is 12.8 Å². The van der Waals surface area contributed by atoms with Crippen molar-refractivity contribution in [1.82, 2.24) is 14.5 Å². The molecular formula is C25H24N4O. The number of amides is 1. The fourth-order valence-corrected chi connectivity index (χ4v) is 3.50. The number of fused-ring (bicyclic) bond motifs is 1. The smallest absolute Gasteiger partial charge is 0.246 e. The SMILES string of the molecule is CN(Cc1cn(Cc2ccccc2)c2ccccc12)C(=O)/C=C/c1ccc(N)nc1. The molecule has 0 saturated carbocycles. The van der Waals surface area contributed by atoms with E-state index in [2.05, 4.69) is 52.1 Å². The number of benzene rings is 2. The summed E-state index contributed by atoms with van der Waals surface area (Å²) in [6.07, 6.45) is 7.12. The molecule has 2 heterocycles. The van der Waals surface area contributed by atoms with Gasteiger partial charge >= 0.3 is 0 Å². The molecule has 0 fully saturated rings. The van der Waals surface area contributed by atoms with Crippen molar-refractivity contribution in [3.8, 4) is 0 Å². The summed E-state index contributed by atoms with van der Waals surface area (Å²) < 4.78 is 2.24. The summed E-state index contributed by atoms with van der Waals surface area (Å²) in [6.45, 7) is 1.33. The molecule has 2 aromatic heterocycles. The second kappa shape index (κ2) is 8.66. The molecule has 4 aromatic rings. The van der Waals surface area contributed by atoms with Crippen molar-refractivity contribution in [3.05, 3.63) is 102 Å². The van der Waals surface area contributed by atoms with E-state index in [-0.39, 0.29) is 5.91 Å². The summed E-state index contributed by atoms with van der Waals surface area (Å²) in [5.74, 6) is 0.397. The third-order valence-corrected chi connectivity index (χ3v) is 5.08. The number of pyridine rings is 1. The normalized spacial score (nSPS) is 11.2. The minimum Gasteiger partial charge on any atom is -0.384 e. The van der Waals surface area contributed by atoms with Crippen LogP contribution in [-0.4, -0.2) is 27.4 Å². The Hall–Kier alpha value is -3.86. The number of carbonyl (C=O) groups is 1. The molecule has 150 valence electrons. The Labute approximate surface area is 176 Å². The van der Waals surface area contributed by atoms with E-state index in [0.717, 1.165) is 17.7 Å². The van der Waals surface area contributed by atoms with Crippen LogP contribution in [0.25, 0.3) is 17.0 Å². The van der Waals surface area contributed by atoms with E-state index in [4.69, 9.17) is 5.73 Å². The monoisotopic (exact) mass is 396 g/mol. The van der Waals surface area contributed by atoms with Crippen LogP contribution in [0.1, 0.15) is 16.7 Å². The lowest BCUT2D eigenvalue weighted by molar-refractivity contribution is -0.125. The Bertz CT molecular complexity index is 1180. The van der Waals surface area contributed by atoms with Crippen LogP contribution in [-0.2, 0) is 17.9 Å². The first kappa shape index (κ1) is 19.5. The highest BCUT2D eigenvalue weighted by molar-refractivity contribution is 5.92. The number of rotatable bonds is 6. The van der Waals surface area contributed by atoms with E-state index in [1.807, 2.05) is 31.3 Å². The second-order valence-electron chi connectivity index (χ2n) is 7.33. The van der Waals surface area contributed by atoms with E-state index in [1.54, 1.807) is 29.3 Å². The molecule has 2 N–H and O–H groups in total. The molecule has 2 aromatic carbocycles. The Morgan fingerprint density at radius 2 is 1.83 bits per heavy atom. The van der Waals surface area contributed by atoms with E-state index in [0.29, 0.717) is 12.4 Å². The third kappa shape index (κ3) is 4.41.